The lowest BCUT2D eigenvalue weighted by Crippen LogP contribution is -2.32. The monoisotopic (exact) mass is 302 g/mol. The Labute approximate surface area is 128 Å². The van der Waals surface area contributed by atoms with Crippen molar-refractivity contribution in [2.75, 3.05) is 13.1 Å². The quantitative estimate of drug-likeness (QED) is 0.943. The Morgan fingerprint density at radius 1 is 1.43 bits per heavy atom. The van der Waals surface area contributed by atoms with Crippen LogP contribution in [0.3, 0.4) is 0 Å². The van der Waals surface area contributed by atoms with Gasteiger partial charge in [-0.15, -0.1) is 11.3 Å². The second-order valence-corrected chi connectivity index (χ2v) is 6.37. The smallest absolute Gasteiger partial charge is 0.335 e. The maximum absolute atomic E-state index is 11.1. The van der Waals surface area contributed by atoms with Crippen LogP contribution in [0.2, 0.25) is 0 Å². The second-order valence-electron chi connectivity index (χ2n) is 5.43. The number of hydrogen-bond donors (Lipinski definition) is 1. The fraction of sp³-hybridized carbons (Fsp3) is 0.375. The fourth-order valence-corrected chi connectivity index (χ4v) is 3.54. The van der Waals surface area contributed by atoms with E-state index in [2.05, 4.69) is 16.8 Å². The molecule has 2 heterocycles. The summed E-state index contributed by atoms with van der Waals surface area (Å²) in [5, 5.41) is 9.09. The van der Waals surface area contributed by atoms with Gasteiger partial charge in [-0.1, -0.05) is 6.07 Å². The zero-order chi connectivity index (χ0) is 14.8. The van der Waals surface area contributed by atoms with E-state index in [1.807, 2.05) is 17.6 Å². The molecular formula is C16H18N2O2S. The summed E-state index contributed by atoms with van der Waals surface area (Å²) >= 11 is 1.71. The second kappa shape index (κ2) is 5.95. The SMILES string of the molecule is Cc1ncsc1CCN1CCc2ccc(C(=O)O)cc2C1. The standard InChI is InChI=1S/C16H18N2O2S/c1-11-15(21-10-17-11)5-7-18-6-4-12-2-3-13(16(19)20)8-14(12)9-18/h2-3,8,10H,4-7,9H2,1H3,(H,19,20). The summed E-state index contributed by atoms with van der Waals surface area (Å²) < 4.78 is 0. The van der Waals surface area contributed by atoms with Gasteiger partial charge in [0.1, 0.15) is 0 Å². The van der Waals surface area contributed by atoms with E-state index >= 15 is 0 Å². The van der Waals surface area contributed by atoms with E-state index in [4.69, 9.17) is 5.11 Å². The summed E-state index contributed by atoms with van der Waals surface area (Å²) in [6.45, 7) is 4.93. The first-order valence-electron chi connectivity index (χ1n) is 7.10. The molecule has 0 amide bonds. The summed E-state index contributed by atoms with van der Waals surface area (Å²) in [7, 11) is 0. The van der Waals surface area contributed by atoms with Gasteiger partial charge in [0.2, 0.25) is 0 Å². The Kier molecular flexibility index (Phi) is 4.03. The van der Waals surface area contributed by atoms with Gasteiger partial charge >= 0.3 is 5.97 Å². The molecule has 3 rings (SSSR count). The van der Waals surface area contributed by atoms with Crippen molar-refractivity contribution in [3.63, 3.8) is 0 Å². The Hall–Kier alpha value is -1.72. The number of aromatic nitrogens is 1. The van der Waals surface area contributed by atoms with Crippen molar-refractivity contribution < 1.29 is 9.90 Å². The number of carbonyl (C=O) groups is 1. The number of fused-ring (bicyclic) bond motifs is 1. The van der Waals surface area contributed by atoms with E-state index in [1.54, 1.807) is 17.4 Å². The Balaban J connectivity index is 1.67. The molecule has 2 aromatic rings. The van der Waals surface area contributed by atoms with Crippen LogP contribution >= 0.6 is 11.3 Å². The molecule has 21 heavy (non-hydrogen) atoms. The summed E-state index contributed by atoms with van der Waals surface area (Å²) in [6.07, 6.45) is 2.02. The molecule has 1 aromatic carbocycles. The van der Waals surface area contributed by atoms with Crippen molar-refractivity contribution in [3.05, 3.63) is 51.0 Å². The molecule has 1 aliphatic heterocycles. The molecule has 1 aromatic heterocycles. The van der Waals surface area contributed by atoms with Gasteiger partial charge in [0.05, 0.1) is 16.8 Å². The first-order chi connectivity index (χ1) is 10.1. The van der Waals surface area contributed by atoms with E-state index in [0.717, 1.165) is 43.7 Å². The molecule has 0 unspecified atom stereocenters. The summed E-state index contributed by atoms with van der Waals surface area (Å²) in [5.74, 6) is -0.852. The number of rotatable bonds is 4. The van der Waals surface area contributed by atoms with Gasteiger partial charge in [-0.2, -0.15) is 0 Å². The van der Waals surface area contributed by atoms with Crippen LogP contribution in [0.4, 0.5) is 0 Å². The molecule has 0 fully saturated rings. The lowest BCUT2D eigenvalue weighted by Gasteiger charge is -2.28. The Morgan fingerprint density at radius 3 is 3.00 bits per heavy atom. The van der Waals surface area contributed by atoms with Crippen LogP contribution in [-0.2, 0) is 19.4 Å². The van der Waals surface area contributed by atoms with Crippen molar-refractivity contribution in [1.82, 2.24) is 9.88 Å². The van der Waals surface area contributed by atoms with Gasteiger partial charge in [0.15, 0.2) is 0 Å². The number of carboxylic acids is 1. The summed E-state index contributed by atoms with van der Waals surface area (Å²) in [4.78, 5) is 19.1. The number of hydrogen-bond acceptors (Lipinski definition) is 4. The van der Waals surface area contributed by atoms with E-state index < -0.39 is 5.97 Å². The highest BCUT2D eigenvalue weighted by Gasteiger charge is 2.18. The molecule has 110 valence electrons. The number of benzene rings is 1. The van der Waals surface area contributed by atoms with Gasteiger partial charge in [0, 0.05) is 24.5 Å². The van der Waals surface area contributed by atoms with E-state index in [0.29, 0.717) is 5.56 Å². The van der Waals surface area contributed by atoms with E-state index in [-0.39, 0.29) is 0 Å². The van der Waals surface area contributed by atoms with Crippen molar-refractivity contribution in [2.24, 2.45) is 0 Å². The lowest BCUT2D eigenvalue weighted by molar-refractivity contribution is 0.0696. The zero-order valence-electron chi connectivity index (χ0n) is 12.0. The first kappa shape index (κ1) is 14.2. The average Bonchev–Trinajstić information content (AvgIpc) is 2.89. The minimum Gasteiger partial charge on any atom is -0.478 e. The molecule has 0 saturated heterocycles. The van der Waals surface area contributed by atoms with Gasteiger partial charge in [0.25, 0.3) is 0 Å². The van der Waals surface area contributed by atoms with Crippen LogP contribution in [0.25, 0.3) is 0 Å². The topological polar surface area (TPSA) is 53.4 Å². The molecule has 0 aliphatic carbocycles. The van der Waals surface area contributed by atoms with Crippen LogP contribution in [0.1, 0.15) is 32.1 Å². The number of carboxylic acid groups (broad SMARTS) is 1. The van der Waals surface area contributed by atoms with Crippen molar-refractivity contribution >= 4 is 17.3 Å². The maximum atomic E-state index is 11.1. The number of aromatic carboxylic acids is 1. The number of aryl methyl sites for hydroxylation is 1. The van der Waals surface area contributed by atoms with E-state index in [9.17, 15) is 4.79 Å². The van der Waals surface area contributed by atoms with Crippen LogP contribution in [-0.4, -0.2) is 34.0 Å². The summed E-state index contributed by atoms with van der Waals surface area (Å²) in [6, 6.07) is 5.49. The molecule has 0 saturated carbocycles. The van der Waals surface area contributed by atoms with Crippen LogP contribution < -0.4 is 0 Å². The number of nitrogens with zero attached hydrogens (tertiary/aromatic N) is 2. The Morgan fingerprint density at radius 2 is 2.29 bits per heavy atom. The molecule has 1 aliphatic rings. The highest BCUT2D eigenvalue weighted by atomic mass is 32.1. The highest BCUT2D eigenvalue weighted by molar-refractivity contribution is 7.09. The van der Waals surface area contributed by atoms with E-state index in [1.165, 1.54) is 10.4 Å². The largest absolute Gasteiger partial charge is 0.478 e. The lowest BCUT2D eigenvalue weighted by atomic mass is 9.97. The minimum absolute atomic E-state index is 0.383. The molecular weight excluding hydrogens is 284 g/mol. The van der Waals surface area contributed by atoms with Crippen LogP contribution in [0.5, 0.6) is 0 Å². The van der Waals surface area contributed by atoms with Gasteiger partial charge in [-0.05, 0) is 43.0 Å². The predicted molar refractivity (Wildman–Crippen MR) is 82.9 cm³/mol. The van der Waals surface area contributed by atoms with Crippen LogP contribution in [0.15, 0.2) is 23.7 Å². The third kappa shape index (κ3) is 3.14. The first-order valence-corrected chi connectivity index (χ1v) is 7.98. The molecule has 0 radical (unpaired) electrons. The van der Waals surface area contributed by atoms with Gasteiger partial charge in [-0.3, -0.25) is 4.90 Å². The normalized spacial score (nSPS) is 14.9. The molecule has 0 atom stereocenters. The number of thiazole rings is 1. The fourth-order valence-electron chi connectivity index (χ4n) is 2.77. The Bertz CT molecular complexity index is 666. The predicted octanol–water partition coefficient (Wildman–Crippen LogP) is 2.75. The third-order valence-electron chi connectivity index (χ3n) is 4.04. The summed E-state index contributed by atoms with van der Waals surface area (Å²) in [5.41, 5.74) is 5.85. The van der Waals surface area contributed by atoms with Gasteiger partial charge in [-0.25, -0.2) is 9.78 Å². The third-order valence-corrected chi connectivity index (χ3v) is 5.04. The van der Waals surface area contributed by atoms with Crippen LogP contribution in [0, 0.1) is 6.92 Å². The molecule has 0 bridgehead atoms. The van der Waals surface area contributed by atoms with Gasteiger partial charge < -0.3 is 5.11 Å². The zero-order valence-corrected chi connectivity index (χ0v) is 12.8. The van der Waals surface area contributed by atoms with Crippen molar-refractivity contribution in [3.8, 4) is 0 Å². The van der Waals surface area contributed by atoms with Crippen molar-refractivity contribution in [2.45, 2.75) is 26.3 Å². The maximum Gasteiger partial charge on any atom is 0.335 e. The average molecular weight is 302 g/mol. The highest BCUT2D eigenvalue weighted by Crippen LogP contribution is 2.21. The minimum atomic E-state index is -0.852. The molecule has 1 N–H and O–H groups in total. The molecule has 0 spiro atoms. The van der Waals surface area contributed by atoms with Crippen molar-refractivity contribution in [1.29, 1.82) is 0 Å². The molecule has 4 nitrogen and oxygen atoms in total. The molecule has 5 heteroatoms.